The van der Waals surface area contributed by atoms with E-state index in [4.69, 9.17) is 0 Å². The number of methoxy groups -OCH3 is 1. The molecule has 0 heterocycles. The molecule has 128 valence electrons. The van der Waals surface area contributed by atoms with Crippen molar-refractivity contribution >= 4 is 18.1 Å². The number of guanidine groups is 1. The van der Waals surface area contributed by atoms with E-state index in [1.807, 2.05) is 0 Å². The zero-order valence-electron chi connectivity index (χ0n) is 14.5. The van der Waals surface area contributed by atoms with Crippen molar-refractivity contribution in [2.45, 2.75) is 45.4 Å². The summed E-state index contributed by atoms with van der Waals surface area (Å²) in [6, 6.07) is -0.287. The lowest BCUT2D eigenvalue weighted by Crippen LogP contribution is -2.47. The molecule has 0 atom stereocenters. The van der Waals surface area contributed by atoms with Gasteiger partial charge in [0, 0.05) is 27.7 Å². The predicted octanol–water partition coefficient (Wildman–Crippen LogP) is 2.67. The van der Waals surface area contributed by atoms with Crippen LogP contribution in [0.25, 0.3) is 0 Å². The highest BCUT2D eigenvalue weighted by atomic mass is 16.5. The zero-order chi connectivity index (χ0) is 17.0. The summed E-state index contributed by atoms with van der Waals surface area (Å²) in [5.74, 6) is 0.229. The molecule has 0 aliphatic carbocycles. The third-order valence-electron chi connectivity index (χ3n) is 3.18. The third kappa shape index (κ3) is 8.49. The highest BCUT2D eigenvalue weighted by molar-refractivity contribution is 5.99. The van der Waals surface area contributed by atoms with E-state index in [0.717, 1.165) is 12.8 Å². The van der Waals surface area contributed by atoms with Crippen LogP contribution in [0.1, 0.15) is 45.4 Å². The van der Waals surface area contributed by atoms with Gasteiger partial charge in [-0.15, -0.1) is 4.99 Å². The summed E-state index contributed by atoms with van der Waals surface area (Å²) in [6.07, 6.45) is 6.28. The fourth-order valence-corrected chi connectivity index (χ4v) is 1.91. The fraction of sp³-hybridized carbons (Fsp3) is 0.800. The number of urea groups is 1. The van der Waals surface area contributed by atoms with E-state index in [1.165, 1.54) is 37.7 Å². The molecule has 0 aromatic heterocycles. The summed E-state index contributed by atoms with van der Waals surface area (Å²) in [7, 11) is 6.23. The molecule has 0 rings (SSSR count). The molecule has 7 nitrogen and oxygen atoms in total. The highest BCUT2D eigenvalue weighted by Crippen LogP contribution is 2.04. The molecule has 0 saturated carbocycles. The Morgan fingerprint density at radius 2 is 1.64 bits per heavy atom. The average molecular weight is 314 g/mol. The van der Waals surface area contributed by atoms with Crippen LogP contribution in [-0.2, 0) is 4.74 Å². The smallest absolute Gasteiger partial charge is 0.436 e. The summed E-state index contributed by atoms with van der Waals surface area (Å²) < 4.78 is 4.49. The number of hydrogen-bond acceptors (Lipinski definition) is 3. The van der Waals surface area contributed by atoms with Crippen LogP contribution in [0.15, 0.2) is 4.99 Å². The van der Waals surface area contributed by atoms with Gasteiger partial charge in [-0.25, -0.2) is 9.59 Å². The van der Waals surface area contributed by atoms with E-state index in [9.17, 15) is 9.59 Å². The summed E-state index contributed by atoms with van der Waals surface area (Å²) in [4.78, 5) is 29.9. The Hall–Kier alpha value is -1.79. The Morgan fingerprint density at radius 1 is 1.05 bits per heavy atom. The standard InChI is InChI=1S/C15H30N4O3/c1-6-7-8-9-10-11-12-16-14(20)19(4)13(18(2)3)17-15(21)22-5/h6-12H2,1-5H3,(H,16,20)/b17-13-. The lowest BCUT2D eigenvalue weighted by atomic mass is 10.1. The van der Waals surface area contributed by atoms with E-state index in [-0.39, 0.29) is 12.0 Å². The normalized spacial score (nSPS) is 11.0. The van der Waals surface area contributed by atoms with E-state index in [0.29, 0.717) is 6.54 Å². The lowest BCUT2D eigenvalue weighted by molar-refractivity contribution is 0.181. The van der Waals surface area contributed by atoms with Crippen molar-refractivity contribution in [3.8, 4) is 0 Å². The molecular formula is C15H30N4O3. The number of rotatable bonds is 7. The molecule has 0 fully saturated rings. The Bertz CT molecular complexity index is 370. The summed E-state index contributed by atoms with van der Waals surface area (Å²) >= 11 is 0. The van der Waals surface area contributed by atoms with Gasteiger partial charge in [-0.3, -0.25) is 4.90 Å². The highest BCUT2D eigenvalue weighted by Gasteiger charge is 2.18. The molecule has 0 radical (unpaired) electrons. The van der Waals surface area contributed by atoms with Gasteiger partial charge < -0.3 is 15.0 Å². The van der Waals surface area contributed by atoms with Crippen molar-refractivity contribution in [2.75, 3.05) is 34.8 Å². The number of aliphatic imine (C=N–C) groups is 1. The monoisotopic (exact) mass is 314 g/mol. The van der Waals surface area contributed by atoms with Crippen LogP contribution in [0.4, 0.5) is 9.59 Å². The summed E-state index contributed by atoms with van der Waals surface area (Å²) in [5.41, 5.74) is 0. The molecule has 7 heteroatoms. The number of nitrogens with one attached hydrogen (secondary N) is 1. The first-order valence-corrected chi connectivity index (χ1v) is 7.79. The zero-order valence-corrected chi connectivity index (χ0v) is 14.5. The van der Waals surface area contributed by atoms with Crippen molar-refractivity contribution in [3.05, 3.63) is 0 Å². The van der Waals surface area contributed by atoms with Gasteiger partial charge in [0.1, 0.15) is 0 Å². The van der Waals surface area contributed by atoms with Crippen LogP contribution in [0.5, 0.6) is 0 Å². The van der Waals surface area contributed by atoms with Gasteiger partial charge in [-0.1, -0.05) is 39.0 Å². The van der Waals surface area contributed by atoms with Crippen LogP contribution in [0.3, 0.4) is 0 Å². The Labute approximate surface area is 133 Å². The second-order valence-corrected chi connectivity index (χ2v) is 5.33. The van der Waals surface area contributed by atoms with Crippen molar-refractivity contribution in [2.24, 2.45) is 4.99 Å². The number of amides is 3. The van der Waals surface area contributed by atoms with Gasteiger partial charge in [-0.2, -0.15) is 0 Å². The molecule has 1 N–H and O–H groups in total. The minimum Gasteiger partial charge on any atom is -0.451 e. The number of carbonyl (C=O) groups is 2. The Balaban J connectivity index is 4.22. The molecule has 0 aromatic carbocycles. The average Bonchev–Trinajstić information content (AvgIpc) is 2.50. The first-order valence-electron chi connectivity index (χ1n) is 7.79. The minimum atomic E-state index is -0.737. The third-order valence-corrected chi connectivity index (χ3v) is 3.18. The maximum Gasteiger partial charge on any atom is 0.436 e. The molecular weight excluding hydrogens is 284 g/mol. The van der Waals surface area contributed by atoms with Crippen LogP contribution in [-0.4, -0.2) is 62.7 Å². The molecule has 0 spiro atoms. The van der Waals surface area contributed by atoms with Gasteiger partial charge in [0.2, 0.25) is 5.96 Å². The molecule has 0 bridgehead atoms. The largest absolute Gasteiger partial charge is 0.451 e. The molecule has 0 unspecified atom stereocenters. The van der Waals surface area contributed by atoms with Gasteiger partial charge in [0.25, 0.3) is 0 Å². The molecule has 0 aliphatic heterocycles. The maximum atomic E-state index is 12.0. The second-order valence-electron chi connectivity index (χ2n) is 5.33. The van der Waals surface area contributed by atoms with E-state index in [2.05, 4.69) is 22.0 Å². The second kappa shape index (κ2) is 11.8. The van der Waals surface area contributed by atoms with Crippen LogP contribution < -0.4 is 5.32 Å². The van der Waals surface area contributed by atoms with Crippen molar-refractivity contribution in [1.29, 1.82) is 0 Å². The van der Waals surface area contributed by atoms with Crippen LogP contribution in [0.2, 0.25) is 0 Å². The van der Waals surface area contributed by atoms with Crippen LogP contribution >= 0.6 is 0 Å². The van der Waals surface area contributed by atoms with E-state index < -0.39 is 6.09 Å². The molecule has 22 heavy (non-hydrogen) atoms. The first-order chi connectivity index (χ1) is 10.4. The van der Waals surface area contributed by atoms with Gasteiger partial charge in [0.05, 0.1) is 7.11 Å². The van der Waals surface area contributed by atoms with Crippen molar-refractivity contribution in [3.63, 3.8) is 0 Å². The topological polar surface area (TPSA) is 74.2 Å². The molecule has 0 aromatic rings. The molecule has 0 aliphatic rings. The first kappa shape index (κ1) is 20.2. The van der Waals surface area contributed by atoms with Crippen molar-refractivity contribution < 1.29 is 14.3 Å². The number of carbonyl (C=O) groups excluding carboxylic acids is 2. The molecule has 3 amide bonds. The minimum absolute atomic E-state index is 0.229. The van der Waals surface area contributed by atoms with Crippen molar-refractivity contribution in [1.82, 2.24) is 15.1 Å². The number of nitrogens with zero attached hydrogens (tertiary/aromatic N) is 3. The summed E-state index contributed by atoms with van der Waals surface area (Å²) in [5, 5.41) is 2.83. The summed E-state index contributed by atoms with van der Waals surface area (Å²) in [6.45, 7) is 2.81. The predicted molar refractivity (Wildman–Crippen MR) is 88.1 cm³/mol. The number of unbranched alkanes of at least 4 members (excludes halogenated alkanes) is 5. The van der Waals surface area contributed by atoms with Gasteiger partial charge >= 0.3 is 12.1 Å². The van der Waals surface area contributed by atoms with Gasteiger partial charge in [0.15, 0.2) is 0 Å². The quantitative estimate of drug-likeness (QED) is 0.445. The SMILES string of the molecule is CCCCCCCCNC(=O)N(C)/C(=N\C(=O)OC)N(C)C. The number of hydrogen-bond donors (Lipinski definition) is 1. The van der Waals surface area contributed by atoms with Gasteiger partial charge in [-0.05, 0) is 6.42 Å². The lowest BCUT2D eigenvalue weighted by Gasteiger charge is -2.24. The van der Waals surface area contributed by atoms with Crippen LogP contribution in [0, 0.1) is 0 Å². The Morgan fingerprint density at radius 3 is 2.18 bits per heavy atom. The maximum absolute atomic E-state index is 12.0. The van der Waals surface area contributed by atoms with E-state index >= 15 is 0 Å². The molecule has 0 saturated heterocycles. The number of ether oxygens (including phenoxy) is 1. The van der Waals surface area contributed by atoms with E-state index in [1.54, 1.807) is 26.0 Å². The fourth-order valence-electron chi connectivity index (χ4n) is 1.91. The Kier molecular flexibility index (Phi) is 10.9.